The number of ether oxygens (including phenoxy) is 1. The minimum atomic E-state index is -3.68. The maximum Gasteiger partial charge on any atom is 0.371 e. The largest absolute Gasteiger partial charge is 0.475 e. The highest BCUT2D eigenvalue weighted by atomic mass is 32.2. The predicted molar refractivity (Wildman–Crippen MR) is 55.2 cm³/mol. The monoisotopic (exact) mass is 261 g/mol. The van der Waals surface area contributed by atoms with Gasteiger partial charge in [-0.05, 0) is 0 Å². The number of hydrogen-bond donors (Lipinski definition) is 1. The highest BCUT2D eigenvalue weighted by Gasteiger charge is 2.28. The molecule has 0 bridgehead atoms. The topological polar surface area (TPSA) is 97.0 Å². The van der Waals surface area contributed by atoms with Gasteiger partial charge in [0.05, 0.1) is 13.2 Å². The number of sulfonamides is 1. The second-order valence-corrected chi connectivity index (χ2v) is 5.41. The first-order valence-electron chi connectivity index (χ1n) is 4.91. The van der Waals surface area contributed by atoms with Crippen molar-refractivity contribution in [2.24, 2.45) is 0 Å². The van der Waals surface area contributed by atoms with Crippen molar-refractivity contribution >= 4 is 16.0 Å². The lowest BCUT2D eigenvalue weighted by Crippen LogP contribution is -2.40. The third-order valence-electron chi connectivity index (χ3n) is 2.39. The molecule has 0 atom stereocenters. The van der Waals surface area contributed by atoms with Gasteiger partial charge >= 0.3 is 5.97 Å². The van der Waals surface area contributed by atoms with E-state index in [0.717, 1.165) is 12.3 Å². The summed E-state index contributed by atoms with van der Waals surface area (Å²) in [5, 5.41) is 8.65. The van der Waals surface area contributed by atoms with E-state index in [4.69, 9.17) is 9.84 Å². The van der Waals surface area contributed by atoms with Gasteiger partial charge < -0.3 is 14.3 Å². The Morgan fingerprint density at radius 1 is 1.35 bits per heavy atom. The van der Waals surface area contributed by atoms with E-state index in [0.29, 0.717) is 13.2 Å². The molecule has 1 N–H and O–H groups in total. The van der Waals surface area contributed by atoms with Crippen molar-refractivity contribution in [3.8, 4) is 0 Å². The smallest absolute Gasteiger partial charge is 0.371 e. The van der Waals surface area contributed by atoms with Gasteiger partial charge in [0.1, 0.15) is 11.2 Å². The van der Waals surface area contributed by atoms with Crippen molar-refractivity contribution in [2.75, 3.05) is 26.3 Å². The number of furan rings is 1. The van der Waals surface area contributed by atoms with E-state index in [1.54, 1.807) is 0 Å². The van der Waals surface area contributed by atoms with E-state index < -0.39 is 21.8 Å². The standard InChI is InChI=1S/C9H11NO6S/c11-9(12)8-5-7(6-16-8)17(13,14)10-1-3-15-4-2-10/h5-6H,1-4H2,(H,11,12). The maximum absolute atomic E-state index is 12.0. The molecule has 1 aromatic heterocycles. The Bertz CT molecular complexity index is 513. The summed E-state index contributed by atoms with van der Waals surface area (Å²) >= 11 is 0. The number of rotatable bonds is 3. The molecule has 0 unspecified atom stereocenters. The van der Waals surface area contributed by atoms with Crippen LogP contribution in [-0.4, -0.2) is 50.1 Å². The Morgan fingerprint density at radius 2 is 2.00 bits per heavy atom. The first kappa shape index (κ1) is 12.1. The van der Waals surface area contributed by atoms with E-state index in [1.165, 1.54) is 4.31 Å². The van der Waals surface area contributed by atoms with Gasteiger partial charge in [-0.25, -0.2) is 13.2 Å². The van der Waals surface area contributed by atoms with Crippen LogP contribution >= 0.6 is 0 Å². The molecule has 94 valence electrons. The predicted octanol–water partition coefficient (Wildman–Crippen LogP) is -0.00130. The number of nitrogens with zero attached hydrogens (tertiary/aromatic N) is 1. The van der Waals surface area contributed by atoms with Gasteiger partial charge in [0, 0.05) is 19.2 Å². The van der Waals surface area contributed by atoms with E-state index in [-0.39, 0.29) is 18.0 Å². The maximum atomic E-state index is 12.0. The molecule has 1 fully saturated rings. The molecule has 7 nitrogen and oxygen atoms in total. The highest BCUT2D eigenvalue weighted by Crippen LogP contribution is 2.19. The normalized spacial score (nSPS) is 18.1. The van der Waals surface area contributed by atoms with Crippen LogP contribution in [0.25, 0.3) is 0 Å². The van der Waals surface area contributed by atoms with Crippen LogP contribution in [-0.2, 0) is 14.8 Å². The summed E-state index contributed by atoms with van der Waals surface area (Å²) in [6.07, 6.45) is 0.939. The van der Waals surface area contributed by atoms with E-state index >= 15 is 0 Å². The molecule has 8 heteroatoms. The molecule has 0 spiro atoms. The highest BCUT2D eigenvalue weighted by molar-refractivity contribution is 7.89. The Kier molecular flexibility index (Phi) is 3.18. The van der Waals surface area contributed by atoms with Crippen molar-refractivity contribution in [3.05, 3.63) is 18.1 Å². The fourth-order valence-electron chi connectivity index (χ4n) is 1.50. The molecule has 17 heavy (non-hydrogen) atoms. The number of hydrogen-bond acceptors (Lipinski definition) is 5. The molecule has 0 saturated carbocycles. The number of morpholine rings is 1. The Labute approximate surface area is 97.6 Å². The number of carbonyl (C=O) groups is 1. The molecular weight excluding hydrogens is 250 g/mol. The molecule has 1 saturated heterocycles. The molecular formula is C9H11NO6S. The zero-order valence-electron chi connectivity index (χ0n) is 8.83. The van der Waals surface area contributed by atoms with Gasteiger partial charge in [0.2, 0.25) is 15.8 Å². The first-order valence-corrected chi connectivity index (χ1v) is 6.35. The third-order valence-corrected chi connectivity index (χ3v) is 4.25. The average molecular weight is 261 g/mol. The summed E-state index contributed by atoms with van der Waals surface area (Å²) in [4.78, 5) is 10.5. The van der Waals surface area contributed by atoms with Crippen molar-refractivity contribution < 1.29 is 27.5 Å². The second-order valence-electron chi connectivity index (χ2n) is 3.47. The van der Waals surface area contributed by atoms with Crippen LogP contribution in [0.2, 0.25) is 0 Å². The lowest BCUT2D eigenvalue weighted by atomic mass is 10.5. The van der Waals surface area contributed by atoms with Crippen molar-refractivity contribution in [2.45, 2.75) is 4.90 Å². The summed E-state index contributed by atoms with van der Waals surface area (Å²) < 4.78 is 35.0. The minimum absolute atomic E-state index is 0.142. The summed E-state index contributed by atoms with van der Waals surface area (Å²) in [5.74, 6) is -1.69. The molecule has 0 aromatic carbocycles. The van der Waals surface area contributed by atoms with Crippen molar-refractivity contribution in [3.63, 3.8) is 0 Å². The van der Waals surface area contributed by atoms with E-state index in [9.17, 15) is 13.2 Å². The van der Waals surface area contributed by atoms with Crippen LogP contribution < -0.4 is 0 Å². The molecule has 2 heterocycles. The van der Waals surface area contributed by atoms with Crippen LogP contribution in [0.15, 0.2) is 21.6 Å². The van der Waals surface area contributed by atoms with Gasteiger partial charge in [-0.15, -0.1) is 0 Å². The number of carboxylic acid groups (broad SMARTS) is 1. The molecule has 1 aliphatic heterocycles. The number of aromatic carboxylic acids is 1. The fraction of sp³-hybridized carbons (Fsp3) is 0.444. The quantitative estimate of drug-likeness (QED) is 0.822. The summed E-state index contributed by atoms with van der Waals surface area (Å²) in [6.45, 7) is 1.19. The second kappa shape index (κ2) is 4.47. The van der Waals surface area contributed by atoms with Gasteiger partial charge in [0.15, 0.2) is 0 Å². The molecule has 0 aliphatic carbocycles. The lowest BCUT2D eigenvalue weighted by Gasteiger charge is -2.25. The summed E-state index contributed by atoms with van der Waals surface area (Å²) in [5.41, 5.74) is 0. The van der Waals surface area contributed by atoms with Crippen LogP contribution in [0.5, 0.6) is 0 Å². The van der Waals surface area contributed by atoms with E-state index in [2.05, 4.69) is 4.42 Å². The number of carboxylic acids is 1. The van der Waals surface area contributed by atoms with E-state index in [1.807, 2.05) is 0 Å². The van der Waals surface area contributed by atoms with Gasteiger partial charge in [-0.2, -0.15) is 4.31 Å². The molecule has 1 aromatic rings. The van der Waals surface area contributed by atoms with Crippen LogP contribution in [0, 0.1) is 0 Å². The lowest BCUT2D eigenvalue weighted by molar-refractivity contribution is 0.0662. The summed E-state index contributed by atoms with van der Waals surface area (Å²) in [7, 11) is -3.68. The Hall–Kier alpha value is -1.38. The SMILES string of the molecule is O=C(O)c1cc(S(=O)(=O)N2CCOCC2)co1. The molecule has 2 rings (SSSR count). The zero-order chi connectivity index (χ0) is 12.5. The van der Waals surface area contributed by atoms with Crippen LogP contribution in [0.3, 0.4) is 0 Å². The van der Waals surface area contributed by atoms with Crippen LogP contribution in [0.1, 0.15) is 10.6 Å². The van der Waals surface area contributed by atoms with Crippen molar-refractivity contribution in [1.29, 1.82) is 0 Å². The van der Waals surface area contributed by atoms with Gasteiger partial charge in [-0.3, -0.25) is 0 Å². The first-order chi connectivity index (χ1) is 8.01. The van der Waals surface area contributed by atoms with Gasteiger partial charge in [-0.1, -0.05) is 0 Å². The molecule has 1 aliphatic rings. The van der Waals surface area contributed by atoms with Crippen LogP contribution in [0.4, 0.5) is 0 Å². The molecule has 0 amide bonds. The Balaban J connectivity index is 2.27. The van der Waals surface area contributed by atoms with Crippen molar-refractivity contribution in [1.82, 2.24) is 4.31 Å². The average Bonchev–Trinajstić information content (AvgIpc) is 2.80. The summed E-state index contributed by atoms with van der Waals surface area (Å²) in [6, 6.07) is 1.01. The molecule has 0 radical (unpaired) electrons. The minimum Gasteiger partial charge on any atom is -0.475 e. The zero-order valence-corrected chi connectivity index (χ0v) is 9.64. The van der Waals surface area contributed by atoms with Gasteiger partial charge in [0.25, 0.3) is 0 Å². The fourth-order valence-corrected chi connectivity index (χ4v) is 2.86. The Morgan fingerprint density at radius 3 is 2.53 bits per heavy atom. The third kappa shape index (κ3) is 2.33.